The van der Waals surface area contributed by atoms with Crippen LogP contribution in [0.15, 0.2) is 72.8 Å². The Balaban J connectivity index is 1.41. The van der Waals surface area contributed by atoms with Gasteiger partial charge in [0.15, 0.2) is 0 Å². The van der Waals surface area contributed by atoms with Crippen molar-refractivity contribution in [3.8, 4) is 11.1 Å². The zero-order valence-electron chi connectivity index (χ0n) is 20.7. The van der Waals surface area contributed by atoms with Crippen molar-refractivity contribution in [2.45, 2.75) is 84.5 Å². The Morgan fingerprint density at radius 3 is 1.67 bits per heavy atom. The molecular weight excluding hydrogens is 396 g/mol. The van der Waals surface area contributed by atoms with Gasteiger partial charge in [0.25, 0.3) is 0 Å². The average molecular weight is 437 g/mol. The van der Waals surface area contributed by atoms with E-state index < -0.39 is 0 Å². The molecule has 0 nitrogen and oxygen atoms in total. The van der Waals surface area contributed by atoms with Gasteiger partial charge >= 0.3 is 0 Å². The first-order valence-electron chi connectivity index (χ1n) is 13.3. The fraction of sp³-hybridized carbons (Fsp3) is 0.394. The maximum atomic E-state index is 2.41. The van der Waals surface area contributed by atoms with E-state index in [1.54, 1.807) is 0 Å². The highest BCUT2D eigenvalue weighted by Gasteiger charge is 2.04. The summed E-state index contributed by atoms with van der Waals surface area (Å²) in [5, 5.41) is 5.38. The number of benzene rings is 4. The van der Waals surface area contributed by atoms with Gasteiger partial charge < -0.3 is 0 Å². The summed E-state index contributed by atoms with van der Waals surface area (Å²) in [5.74, 6) is 0. The average Bonchev–Trinajstić information content (AvgIpc) is 2.85. The lowest BCUT2D eigenvalue weighted by atomic mass is 9.96. The van der Waals surface area contributed by atoms with Gasteiger partial charge in [-0.3, -0.25) is 0 Å². The van der Waals surface area contributed by atoms with E-state index in [9.17, 15) is 0 Å². The molecule has 0 heteroatoms. The molecule has 0 heterocycles. The normalized spacial score (nSPS) is 11.5. The van der Waals surface area contributed by atoms with E-state index >= 15 is 0 Å². The number of aryl methyl sites for hydroxylation is 2. The Kier molecular flexibility index (Phi) is 8.59. The Bertz CT molecular complexity index is 1150. The summed E-state index contributed by atoms with van der Waals surface area (Å²) >= 11 is 0. The fourth-order valence-electron chi connectivity index (χ4n) is 5.00. The van der Waals surface area contributed by atoms with Crippen molar-refractivity contribution in [1.29, 1.82) is 0 Å². The third-order valence-electron chi connectivity index (χ3n) is 7.00. The SMILES string of the molecule is CCCCCCCCCCc1ccc2cc3cc(-c4ccc(CCC)cc4)ccc3cc2c1. The molecule has 0 spiro atoms. The molecule has 33 heavy (non-hydrogen) atoms. The van der Waals surface area contributed by atoms with Crippen LogP contribution in [0.3, 0.4) is 0 Å². The molecule has 0 amide bonds. The highest BCUT2D eigenvalue weighted by molar-refractivity contribution is 5.99. The molecule has 0 bridgehead atoms. The van der Waals surface area contributed by atoms with E-state index in [0.29, 0.717) is 0 Å². The molecule has 0 aliphatic heterocycles. The summed E-state index contributed by atoms with van der Waals surface area (Å²) in [6, 6.07) is 27.8. The van der Waals surface area contributed by atoms with E-state index in [-0.39, 0.29) is 0 Å². The quantitative estimate of drug-likeness (QED) is 0.153. The van der Waals surface area contributed by atoms with Crippen molar-refractivity contribution in [2.24, 2.45) is 0 Å². The van der Waals surface area contributed by atoms with E-state index in [2.05, 4.69) is 86.6 Å². The third kappa shape index (κ3) is 6.47. The molecule has 0 saturated carbocycles. The van der Waals surface area contributed by atoms with Crippen LogP contribution < -0.4 is 0 Å². The molecule has 0 N–H and O–H groups in total. The molecule has 0 fully saturated rings. The summed E-state index contributed by atoms with van der Waals surface area (Å²) in [6.07, 6.45) is 14.6. The Morgan fingerprint density at radius 2 is 0.970 bits per heavy atom. The van der Waals surface area contributed by atoms with E-state index in [1.807, 2.05) is 0 Å². The molecule has 4 rings (SSSR count). The molecular formula is C33H40. The van der Waals surface area contributed by atoms with Gasteiger partial charge in [0.2, 0.25) is 0 Å². The molecule has 0 saturated heterocycles. The van der Waals surface area contributed by atoms with Crippen LogP contribution in [0.2, 0.25) is 0 Å². The summed E-state index contributed by atoms with van der Waals surface area (Å²) in [7, 11) is 0. The minimum Gasteiger partial charge on any atom is -0.0654 e. The van der Waals surface area contributed by atoms with Crippen LogP contribution in [-0.4, -0.2) is 0 Å². The van der Waals surface area contributed by atoms with Gasteiger partial charge in [-0.2, -0.15) is 0 Å². The molecule has 0 aliphatic carbocycles. The van der Waals surface area contributed by atoms with Crippen molar-refractivity contribution in [3.63, 3.8) is 0 Å². The van der Waals surface area contributed by atoms with Crippen LogP contribution in [0.1, 0.15) is 82.8 Å². The highest BCUT2D eigenvalue weighted by Crippen LogP contribution is 2.29. The van der Waals surface area contributed by atoms with Gasteiger partial charge in [0, 0.05) is 0 Å². The molecule has 0 atom stereocenters. The van der Waals surface area contributed by atoms with Crippen LogP contribution >= 0.6 is 0 Å². The summed E-state index contributed by atoms with van der Waals surface area (Å²) in [5.41, 5.74) is 5.52. The molecule has 4 aromatic carbocycles. The van der Waals surface area contributed by atoms with E-state index in [1.165, 1.54) is 108 Å². The lowest BCUT2D eigenvalue weighted by Crippen LogP contribution is -1.88. The van der Waals surface area contributed by atoms with Gasteiger partial charge in [-0.25, -0.2) is 0 Å². The van der Waals surface area contributed by atoms with Crippen LogP contribution in [0, 0.1) is 0 Å². The molecule has 0 aromatic heterocycles. The fourth-order valence-corrected chi connectivity index (χ4v) is 5.00. The second-order valence-corrected chi connectivity index (χ2v) is 9.77. The largest absolute Gasteiger partial charge is 0.0654 e. The minimum absolute atomic E-state index is 1.16. The van der Waals surface area contributed by atoms with Crippen LogP contribution in [0.4, 0.5) is 0 Å². The standard InChI is InChI=1S/C33H40/c1-3-5-6-7-8-9-10-11-13-27-16-19-30-25-33-23-29(20-21-31(33)24-32(30)22-27)28-17-14-26(12-4-2)15-18-28/h14-25H,3-13H2,1-2H3. The zero-order valence-corrected chi connectivity index (χ0v) is 20.7. The second-order valence-electron chi connectivity index (χ2n) is 9.77. The number of hydrogen-bond acceptors (Lipinski definition) is 0. The summed E-state index contributed by atoms with van der Waals surface area (Å²) in [6.45, 7) is 4.53. The second kappa shape index (κ2) is 12.0. The molecule has 0 radical (unpaired) electrons. The van der Waals surface area contributed by atoms with Crippen molar-refractivity contribution in [3.05, 3.63) is 83.9 Å². The predicted octanol–water partition coefficient (Wildman–Crippen LogP) is 10.3. The van der Waals surface area contributed by atoms with Gasteiger partial charge in [-0.1, -0.05) is 120 Å². The van der Waals surface area contributed by atoms with Gasteiger partial charge in [0.1, 0.15) is 0 Å². The van der Waals surface area contributed by atoms with E-state index in [0.717, 1.165) is 6.42 Å². The number of hydrogen-bond donors (Lipinski definition) is 0. The Morgan fingerprint density at radius 1 is 0.394 bits per heavy atom. The smallest absolute Gasteiger partial charge is 0.0171 e. The number of unbranched alkanes of at least 4 members (excludes halogenated alkanes) is 7. The van der Waals surface area contributed by atoms with E-state index in [4.69, 9.17) is 0 Å². The first kappa shape index (κ1) is 23.6. The molecule has 0 unspecified atom stereocenters. The van der Waals surface area contributed by atoms with Crippen molar-refractivity contribution in [1.82, 2.24) is 0 Å². The maximum Gasteiger partial charge on any atom is -0.0171 e. The lowest BCUT2D eigenvalue weighted by Gasteiger charge is -2.09. The van der Waals surface area contributed by atoms with Crippen molar-refractivity contribution in [2.75, 3.05) is 0 Å². The number of fused-ring (bicyclic) bond motifs is 2. The predicted molar refractivity (Wildman–Crippen MR) is 147 cm³/mol. The number of rotatable bonds is 12. The van der Waals surface area contributed by atoms with Gasteiger partial charge in [-0.05, 0) is 81.3 Å². The monoisotopic (exact) mass is 436 g/mol. The minimum atomic E-state index is 1.16. The van der Waals surface area contributed by atoms with Crippen LogP contribution in [-0.2, 0) is 12.8 Å². The maximum absolute atomic E-state index is 2.41. The van der Waals surface area contributed by atoms with Crippen LogP contribution in [0.5, 0.6) is 0 Å². The molecule has 4 aromatic rings. The third-order valence-corrected chi connectivity index (χ3v) is 7.00. The molecule has 172 valence electrons. The first-order chi connectivity index (χ1) is 16.3. The molecule has 0 aliphatic rings. The summed E-state index contributed by atoms with van der Waals surface area (Å²) in [4.78, 5) is 0. The zero-order chi connectivity index (χ0) is 22.9. The summed E-state index contributed by atoms with van der Waals surface area (Å²) < 4.78 is 0. The first-order valence-corrected chi connectivity index (χ1v) is 13.3. The van der Waals surface area contributed by atoms with Gasteiger partial charge in [-0.15, -0.1) is 0 Å². The Labute approximate surface area is 201 Å². The van der Waals surface area contributed by atoms with Crippen molar-refractivity contribution >= 4 is 21.5 Å². The van der Waals surface area contributed by atoms with Crippen molar-refractivity contribution < 1.29 is 0 Å². The van der Waals surface area contributed by atoms with Crippen LogP contribution in [0.25, 0.3) is 32.7 Å². The Hall–Kier alpha value is -2.60. The highest BCUT2D eigenvalue weighted by atomic mass is 14.1. The topological polar surface area (TPSA) is 0 Å². The lowest BCUT2D eigenvalue weighted by molar-refractivity contribution is 0.575. The van der Waals surface area contributed by atoms with Gasteiger partial charge in [0.05, 0.1) is 0 Å².